The maximum absolute atomic E-state index is 12.5. The fourth-order valence-electron chi connectivity index (χ4n) is 2.95. The molecule has 2 N–H and O–H groups in total. The molecule has 2 amide bonds. The molecule has 0 saturated carbocycles. The smallest absolute Gasteiger partial charge is 0.266 e. The van der Waals surface area contributed by atoms with Gasteiger partial charge in [0.05, 0.1) is 14.2 Å². The quantitative estimate of drug-likeness (QED) is 0.325. The van der Waals surface area contributed by atoms with Crippen LogP contribution in [0.15, 0.2) is 72.3 Å². The van der Waals surface area contributed by atoms with Gasteiger partial charge in [0.2, 0.25) is 0 Å². The number of carbonyl (C=O) groups is 2. The number of amides is 2. The third kappa shape index (κ3) is 7.25. The molecule has 0 atom stereocenters. The zero-order valence-electron chi connectivity index (χ0n) is 19.0. The first-order valence-corrected chi connectivity index (χ1v) is 10.7. The van der Waals surface area contributed by atoms with E-state index < -0.39 is 5.91 Å². The van der Waals surface area contributed by atoms with Gasteiger partial charge in [-0.15, -0.1) is 0 Å². The monoisotopic (exact) mass is 491 g/mol. The molecular formula is C26H22ClN3O5. The summed E-state index contributed by atoms with van der Waals surface area (Å²) >= 11 is 5.85. The van der Waals surface area contributed by atoms with Gasteiger partial charge in [0, 0.05) is 16.4 Å². The Bertz CT molecular complexity index is 1270. The standard InChI is InChI=1S/C26H22ClN3O5/c1-33-22-10-8-20(9-11-22)29-25(31)16-35-23-12-3-17(14-24(23)34-2)13-18(15-28)26(32)30-21-6-4-19(27)5-7-21/h3-14H,16H2,1-2H3,(H,29,31)(H,30,32). The summed E-state index contributed by atoms with van der Waals surface area (Å²) < 4.78 is 16.0. The van der Waals surface area contributed by atoms with Gasteiger partial charge in [0.15, 0.2) is 18.1 Å². The molecule has 0 bridgehead atoms. The van der Waals surface area contributed by atoms with Gasteiger partial charge in [0.1, 0.15) is 17.4 Å². The van der Waals surface area contributed by atoms with E-state index in [-0.39, 0.29) is 18.1 Å². The lowest BCUT2D eigenvalue weighted by Gasteiger charge is -2.12. The Balaban J connectivity index is 1.65. The lowest BCUT2D eigenvalue weighted by Crippen LogP contribution is -2.20. The lowest BCUT2D eigenvalue weighted by molar-refractivity contribution is -0.118. The summed E-state index contributed by atoms with van der Waals surface area (Å²) in [5.41, 5.74) is 1.55. The molecule has 9 heteroatoms. The first-order chi connectivity index (χ1) is 16.9. The average Bonchev–Trinajstić information content (AvgIpc) is 2.88. The normalized spacial score (nSPS) is 10.6. The SMILES string of the molecule is COc1ccc(NC(=O)COc2ccc(C=C(C#N)C(=O)Nc3ccc(Cl)cc3)cc2OC)cc1. The molecule has 0 aliphatic rings. The highest BCUT2D eigenvalue weighted by molar-refractivity contribution is 6.30. The Hall–Kier alpha value is -4.48. The largest absolute Gasteiger partial charge is 0.497 e. The first-order valence-electron chi connectivity index (χ1n) is 10.4. The van der Waals surface area contributed by atoms with E-state index in [0.717, 1.165) is 0 Å². The van der Waals surface area contributed by atoms with Gasteiger partial charge in [0.25, 0.3) is 11.8 Å². The third-order valence-electron chi connectivity index (χ3n) is 4.70. The molecule has 8 nitrogen and oxygen atoms in total. The lowest BCUT2D eigenvalue weighted by atomic mass is 10.1. The van der Waals surface area contributed by atoms with Crippen LogP contribution in [0.25, 0.3) is 6.08 Å². The maximum atomic E-state index is 12.5. The van der Waals surface area contributed by atoms with Crippen molar-refractivity contribution in [1.29, 1.82) is 5.26 Å². The molecule has 178 valence electrons. The highest BCUT2D eigenvalue weighted by atomic mass is 35.5. The minimum absolute atomic E-state index is 0.102. The predicted molar refractivity (Wildman–Crippen MR) is 134 cm³/mol. The fourth-order valence-corrected chi connectivity index (χ4v) is 3.08. The van der Waals surface area contributed by atoms with Crippen molar-refractivity contribution in [3.05, 3.63) is 82.9 Å². The van der Waals surface area contributed by atoms with Crippen LogP contribution in [0.4, 0.5) is 11.4 Å². The number of rotatable bonds is 9. The zero-order valence-corrected chi connectivity index (χ0v) is 19.8. The summed E-state index contributed by atoms with van der Waals surface area (Å²) in [5, 5.41) is 15.4. The van der Waals surface area contributed by atoms with E-state index in [1.807, 2.05) is 6.07 Å². The van der Waals surface area contributed by atoms with Gasteiger partial charge in [-0.05, 0) is 72.3 Å². The molecular weight excluding hydrogens is 470 g/mol. The zero-order chi connectivity index (χ0) is 25.2. The van der Waals surface area contributed by atoms with E-state index >= 15 is 0 Å². The average molecular weight is 492 g/mol. The van der Waals surface area contributed by atoms with Gasteiger partial charge >= 0.3 is 0 Å². The number of nitrogens with zero attached hydrogens (tertiary/aromatic N) is 1. The summed E-state index contributed by atoms with van der Waals surface area (Å²) in [5.74, 6) is 0.432. The predicted octanol–water partition coefficient (Wildman–Crippen LogP) is 4.92. The summed E-state index contributed by atoms with van der Waals surface area (Å²) in [6, 6.07) is 20.2. The summed E-state index contributed by atoms with van der Waals surface area (Å²) in [4.78, 5) is 24.7. The maximum Gasteiger partial charge on any atom is 0.266 e. The number of halogens is 1. The molecule has 0 radical (unpaired) electrons. The van der Waals surface area contributed by atoms with Gasteiger partial charge < -0.3 is 24.8 Å². The number of nitrogens with one attached hydrogen (secondary N) is 2. The molecule has 0 spiro atoms. The minimum Gasteiger partial charge on any atom is -0.497 e. The van der Waals surface area contributed by atoms with E-state index in [4.69, 9.17) is 25.8 Å². The Labute approximate surface area is 207 Å². The molecule has 0 aliphatic heterocycles. The number of methoxy groups -OCH3 is 2. The van der Waals surface area contributed by atoms with Crippen molar-refractivity contribution >= 4 is 40.9 Å². The molecule has 3 aromatic carbocycles. The van der Waals surface area contributed by atoms with Gasteiger partial charge in [-0.3, -0.25) is 9.59 Å². The Kier molecular flexibility index (Phi) is 8.70. The Morgan fingerprint density at radius 3 is 2.20 bits per heavy atom. The van der Waals surface area contributed by atoms with E-state index in [9.17, 15) is 14.9 Å². The summed E-state index contributed by atoms with van der Waals surface area (Å²) in [6.07, 6.45) is 1.42. The molecule has 0 aromatic heterocycles. The third-order valence-corrected chi connectivity index (χ3v) is 4.95. The van der Waals surface area contributed by atoms with Crippen LogP contribution in [0, 0.1) is 11.3 Å². The van der Waals surface area contributed by atoms with Crippen LogP contribution in [0.5, 0.6) is 17.2 Å². The molecule has 3 rings (SSSR count). The molecule has 0 fully saturated rings. The van der Waals surface area contributed by atoms with Crippen molar-refractivity contribution in [3.63, 3.8) is 0 Å². The Morgan fingerprint density at radius 2 is 1.57 bits per heavy atom. The highest BCUT2D eigenvalue weighted by Crippen LogP contribution is 2.29. The minimum atomic E-state index is -0.565. The molecule has 0 aliphatic carbocycles. The van der Waals surface area contributed by atoms with E-state index in [1.54, 1.807) is 73.8 Å². The Morgan fingerprint density at radius 1 is 0.914 bits per heavy atom. The van der Waals surface area contributed by atoms with Gasteiger partial charge in [-0.2, -0.15) is 5.26 Å². The van der Waals surface area contributed by atoms with Crippen molar-refractivity contribution in [1.82, 2.24) is 0 Å². The number of benzene rings is 3. The molecule has 35 heavy (non-hydrogen) atoms. The number of hydrogen-bond donors (Lipinski definition) is 2. The second-order valence-corrected chi connectivity index (χ2v) is 7.54. The van der Waals surface area contributed by atoms with Crippen LogP contribution in [0.3, 0.4) is 0 Å². The van der Waals surface area contributed by atoms with E-state index in [2.05, 4.69) is 10.6 Å². The van der Waals surface area contributed by atoms with Crippen LogP contribution in [-0.2, 0) is 9.59 Å². The molecule has 0 saturated heterocycles. The van der Waals surface area contributed by atoms with Crippen molar-refractivity contribution in [3.8, 4) is 23.3 Å². The highest BCUT2D eigenvalue weighted by Gasteiger charge is 2.12. The molecule has 3 aromatic rings. The van der Waals surface area contributed by atoms with Crippen molar-refractivity contribution < 1.29 is 23.8 Å². The van der Waals surface area contributed by atoms with Crippen molar-refractivity contribution in [2.24, 2.45) is 0 Å². The van der Waals surface area contributed by atoms with Gasteiger partial charge in [-0.25, -0.2) is 0 Å². The number of ether oxygens (including phenoxy) is 3. The number of anilines is 2. The number of nitriles is 1. The fraction of sp³-hybridized carbons (Fsp3) is 0.115. The second kappa shape index (κ2) is 12.1. The molecule has 0 heterocycles. The van der Waals surface area contributed by atoms with Crippen molar-refractivity contribution in [2.75, 3.05) is 31.5 Å². The van der Waals surface area contributed by atoms with Crippen LogP contribution in [0.1, 0.15) is 5.56 Å². The molecule has 0 unspecified atom stereocenters. The van der Waals surface area contributed by atoms with Gasteiger partial charge in [-0.1, -0.05) is 17.7 Å². The van der Waals surface area contributed by atoms with Crippen LogP contribution in [-0.4, -0.2) is 32.6 Å². The first kappa shape index (κ1) is 25.1. The van der Waals surface area contributed by atoms with E-state index in [1.165, 1.54) is 13.2 Å². The topological polar surface area (TPSA) is 110 Å². The summed E-state index contributed by atoms with van der Waals surface area (Å²) in [7, 11) is 3.01. The number of hydrogen-bond acceptors (Lipinski definition) is 6. The number of carbonyl (C=O) groups excluding carboxylic acids is 2. The summed E-state index contributed by atoms with van der Waals surface area (Å²) in [6.45, 7) is -0.246. The second-order valence-electron chi connectivity index (χ2n) is 7.11. The van der Waals surface area contributed by atoms with Crippen molar-refractivity contribution in [2.45, 2.75) is 0 Å². The van der Waals surface area contributed by atoms with Crippen LogP contribution < -0.4 is 24.8 Å². The van der Waals surface area contributed by atoms with Crippen LogP contribution >= 0.6 is 11.6 Å². The van der Waals surface area contributed by atoms with E-state index in [0.29, 0.717) is 39.2 Å². The van der Waals surface area contributed by atoms with Crippen LogP contribution in [0.2, 0.25) is 5.02 Å².